The Balaban J connectivity index is 2.00. The molecule has 2 atom stereocenters. The van der Waals surface area contributed by atoms with Gasteiger partial charge in [0.25, 0.3) is 5.91 Å². The molecule has 154 valence electrons. The second kappa shape index (κ2) is 6.79. The number of hydrogen-bond donors (Lipinski definition) is 1. The third-order valence-corrected chi connectivity index (χ3v) is 11.6. The molecule has 2 aliphatic heterocycles. The lowest BCUT2D eigenvalue weighted by Gasteiger charge is -2.46. The quantitative estimate of drug-likeness (QED) is 0.503. The van der Waals surface area contributed by atoms with Gasteiger partial charge < -0.3 is 14.5 Å². The Morgan fingerprint density at radius 2 is 2.04 bits per heavy atom. The molecule has 1 aromatic carbocycles. The van der Waals surface area contributed by atoms with Crippen molar-refractivity contribution in [3.8, 4) is 5.75 Å². The summed E-state index contributed by atoms with van der Waals surface area (Å²) >= 11 is 8.92. The fourth-order valence-corrected chi connectivity index (χ4v) is 5.23. The Hall–Kier alpha value is -0.963. The minimum atomic E-state index is -1.96. The highest BCUT2D eigenvalue weighted by Gasteiger charge is 2.58. The number of ether oxygens (including phenoxy) is 1. The van der Waals surface area contributed by atoms with E-state index in [1.54, 1.807) is 7.05 Å². The van der Waals surface area contributed by atoms with Gasteiger partial charge in [0, 0.05) is 23.5 Å². The molecule has 5 nitrogen and oxygen atoms in total. The maximum atomic E-state index is 13.3. The molecule has 1 spiro atoms. The van der Waals surface area contributed by atoms with E-state index in [4.69, 9.17) is 21.4 Å². The summed E-state index contributed by atoms with van der Waals surface area (Å²) in [5.74, 6) is 0.633. The molecule has 1 saturated heterocycles. The summed E-state index contributed by atoms with van der Waals surface area (Å²) in [6, 6.07) is 5.77. The van der Waals surface area contributed by atoms with Crippen molar-refractivity contribution in [3.63, 3.8) is 0 Å². The second-order valence-corrected chi connectivity index (χ2v) is 15.7. The van der Waals surface area contributed by atoms with Gasteiger partial charge in [-0.25, -0.2) is 0 Å². The fraction of sp³-hybridized carbons (Fsp3) is 0.600. The van der Waals surface area contributed by atoms with Gasteiger partial charge >= 0.3 is 0 Å². The van der Waals surface area contributed by atoms with Crippen LogP contribution in [0.2, 0.25) is 18.1 Å². The van der Waals surface area contributed by atoms with Crippen LogP contribution in [0, 0.1) is 0 Å². The molecule has 8 heteroatoms. The Morgan fingerprint density at radius 3 is 2.57 bits per heavy atom. The summed E-state index contributed by atoms with van der Waals surface area (Å²) in [6.45, 7) is 13.5. The average molecular weight is 486 g/mol. The standard InChI is InChI=1S/C20H29BrN2O3SSi/c1-18(2,3)28(6,7)25-12-19(4)11-20(16(24)23(5)17(27)22-20)14-10-13(21)8-9-15(14)26-19/h8-10H,11-12H2,1-7H3,(H,22,27)/t19-,20-/m0/s1. The van der Waals surface area contributed by atoms with E-state index < -0.39 is 19.5 Å². The van der Waals surface area contributed by atoms with Crippen LogP contribution >= 0.6 is 28.1 Å². The number of rotatable bonds is 3. The van der Waals surface area contributed by atoms with Crippen LogP contribution in [0.15, 0.2) is 22.7 Å². The maximum absolute atomic E-state index is 13.3. The normalized spacial score (nSPS) is 27.6. The number of thiocarbonyl (C=S) groups is 1. The lowest BCUT2D eigenvalue weighted by atomic mass is 9.77. The van der Waals surface area contributed by atoms with Crippen LogP contribution in [0.5, 0.6) is 5.75 Å². The molecular weight excluding hydrogens is 456 g/mol. The van der Waals surface area contributed by atoms with E-state index in [9.17, 15) is 4.79 Å². The molecule has 0 saturated carbocycles. The smallest absolute Gasteiger partial charge is 0.259 e. The number of benzene rings is 1. The molecule has 0 aromatic heterocycles. The van der Waals surface area contributed by atoms with Crippen molar-refractivity contribution in [2.24, 2.45) is 0 Å². The summed E-state index contributed by atoms with van der Waals surface area (Å²) in [5.41, 5.74) is -0.780. The zero-order chi connectivity index (χ0) is 21.1. The van der Waals surface area contributed by atoms with Gasteiger partial charge in [-0.15, -0.1) is 0 Å². The van der Waals surface area contributed by atoms with Gasteiger partial charge in [-0.3, -0.25) is 9.69 Å². The van der Waals surface area contributed by atoms with Crippen molar-refractivity contribution < 1.29 is 14.0 Å². The summed E-state index contributed by atoms with van der Waals surface area (Å²) < 4.78 is 13.8. The number of fused-ring (bicyclic) bond motifs is 2. The molecule has 28 heavy (non-hydrogen) atoms. The minimum absolute atomic E-state index is 0.0568. The van der Waals surface area contributed by atoms with Gasteiger partial charge in [0.15, 0.2) is 19.0 Å². The molecule has 1 fully saturated rings. The van der Waals surface area contributed by atoms with Crippen LogP contribution < -0.4 is 10.1 Å². The summed E-state index contributed by atoms with van der Waals surface area (Å²) in [6.07, 6.45) is 0.446. The fourth-order valence-electron chi connectivity index (χ4n) is 3.51. The first-order valence-electron chi connectivity index (χ1n) is 9.44. The van der Waals surface area contributed by atoms with Crippen LogP contribution in [0.25, 0.3) is 0 Å². The van der Waals surface area contributed by atoms with E-state index in [2.05, 4.69) is 55.1 Å². The SMILES string of the molecule is CN1C(=O)[C@@]2(C[C@@](C)(CO[Si](C)(C)C(C)(C)C)Oc3ccc(Br)cc32)NC1=S. The lowest BCUT2D eigenvalue weighted by molar-refractivity contribution is -0.134. The highest BCUT2D eigenvalue weighted by atomic mass is 79.9. The highest BCUT2D eigenvalue weighted by Crippen LogP contribution is 2.48. The number of nitrogens with zero attached hydrogens (tertiary/aromatic N) is 1. The second-order valence-electron chi connectivity index (χ2n) is 9.62. The Labute approximate surface area is 182 Å². The first-order chi connectivity index (χ1) is 12.7. The van der Waals surface area contributed by atoms with Crippen LogP contribution in [-0.4, -0.2) is 43.5 Å². The number of amides is 1. The number of likely N-dealkylation sites (N-methyl/N-ethyl adjacent to an activating group) is 1. The van der Waals surface area contributed by atoms with Crippen LogP contribution in [0.4, 0.5) is 0 Å². The number of halogens is 1. The zero-order valence-electron chi connectivity index (χ0n) is 17.6. The number of nitrogens with one attached hydrogen (secondary N) is 1. The topological polar surface area (TPSA) is 50.8 Å². The zero-order valence-corrected chi connectivity index (χ0v) is 21.0. The predicted molar refractivity (Wildman–Crippen MR) is 121 cm³/mol. The summed E-state index contributed by atoms with van der Waals surface area (Å²) in [4.78, 5) is 14.8. The van der Waals surface area contributed by atoms with Crippen molar-refractivity contribution in [3.05, 3.63) is 28.2 Å². The number of hydrogen-bond acceptors (Lipinski definition) is 4. The van der Waals surface area contributed by atoms with Crippen molar-refractivity contribution in [1.82, 2.24) is 10.2 Å². The van der Waals surface area contributed by atoms with Crippen molar-refractivity contribution in [2.75, 3.05) is 13.7 Å². The average Bonchev–Trinajstić information content (AvgIpc) is 2.78. The van der Waals surface area contributed by atoms with Crippen molar-refractivity contribution in [2.45, 2.75) is 63.4 Å². The molecule has 3 rings (SSSR count). The third-order valence-electron chi connectivity index (χ3n) is 6.24. The van der Waals surface area contributed by atoms with E-state index in [0.29, 0.717) is 23.9 Å². The van der Waals surface area contributed by atoms with Gasteiger partial charge in [-0.1, -0.05) is 36.7 Å². The first-order valence-corrected chi connectivity index (χ1v) is 13.6. The Bertz CT molecular complexity index is 841. The van der Waals surface area contributed by atoms with Crippen molar-refractivity contribution in [1.29, 1.82) is 0 Å². The third kappa shape index (κ3) is 3.53. The molecule has 0 bridgehead atoms. The largest absolute Gasteiger partial charge is 0.485 e. The molecule has 1 aromatic rings. The maximum Gasteiger partial charge on any atom is 0.259 e. The molecule has 1 amide bonds. The molecule has 0 unspecified atom stereocenters. The van der Waals surface area contributed by atoms with E-state index in [-0.39, 0.29) is 10.9 Å². The molecule has 2 heterocycles. The van der Waals surface area contributed by atoms with Gasteiger partial charge in [-0.2, -0.15) is 0 Å². The van der Waals surface area contributed by atoms with Gasteiger partial charge in [0.1, 0.15) is 11.4 Å². The Morgan fingerprint density at radius 1 is 1.39 bits per heavy atom. The molecule has 0 aliphatic carbocycles. The first kappa shape index (κ1) is 21.7. The minimum Gasteiger partial charge on any atom is -0.485 e. The lowest BCUT2D eigenvalue weighted by Crippen LogP contribution is -2.57. The van der Waals surface area contributed by atoms with Gasteiger partial charge in [0.05, 0.1) is 6.61 Å². The predicted octanol–water partition coefficient (Wildman–Crippen LogP) is 4.55. The monoisotopic (exact) mass is 484 g/mol. The highest BCUT2D eigenvalue weighted by molar-refractivity contribution is 9.10. The molecule has 1 N–H and O–H groups in total. The van der Waals surface area contributed by atoms with Crippen LogP contribution in [0.3, 0.4) is 0 Å². The van der Waals surface area contributed by atoms with E-state index in [1.165, 1.54) is 4.90 Å². The summed E-state index contributed by atoms with van der Waals surface area (Å²) in [7, 11) is -0.249. The number of carbonyl (C=O) groups is 1. The van der Waals surface area contributed by atoms with Crippen molar-refractivity contribution >= 4 is 47.5 Å². The van der Waals surface area contributed by atoms with E-state index in [0.717, 1.165) is 10.0 Å². The molecule has 0 radical (unpaired) electrons. The van der Waals surface area contributed by atoms with Gasteiger partial charge in [0.2, 0.25) is 0 Å². The Kier molecular flexibility index (Phi) is 5.27. The van der Waals surface area contributed by atoms with Crippen LogP contribution in [-0.2, 0) is 14.8 Å². The summed E-state index contributed by atoms with van der Waals surface area (Å²) in [5, 5.41) is 3.83. The van der Waals surface area contributed by atoms with E-state index in [1.807, 2.05) is 25.1 Å². The van der Waals surface area contributed by atoms with Crippen LogP contribution in [0.1, 0.15) is 39.7 Å². The number of carbonyl (C=O) groups excluding carboxylic acids is 1. The van der Waals surface area contributed by atoms with Gasteiger partial charge in [-0.05, 0) is 55.5 Å². The molecular formula is C20H29BrN2O3SSi. The molecule has 2 aliphatic rings. The van der Waals surface area contributed by atoms with E-state index >= 15 is 0 Å².